The van der Waals surface area contributed by atoms with Gasteiger partial charge in [0.1, 0.15) is 0 Å². The van der Waals surface area contributed by atoms with Gasteiger partial charge in [-0.25, -0.2) is 4.98 Å². The smallest absolute Gasteiger partial charge is 0.416 e. The summed E-state index contributed by atoms with van der Waals surface area (Å²) in [6, 6.07) is 10.6. The molecule has 0 radical (unpaired) electrons. The van der Waals surface area contributed by atoms with Crippen LogP contribution in [0, 0.1) is 0 Å². The van der Waals surface area contributed by atoms with Gasteiger partial charge in [0.15, 0.2) is 0 Å². The number of amides is 1. The number of hydrogen-bond acceptors (Lipinski definition) is 5. The topological polar surface area (TPSA) is 99.8 Å². The van der Waals surface area contributed by atoms with Crippen molar-refractivity contribution in [2.45, 2.75) is 26.1 Å². The van der Waals surface area contributed by atoms with Crippen molar-refractivity contribution in [1.82, 2.24) is 19.7 Å². The molecule has 0 aliphatic heterocycles. The number of benzene rings is 2. The quantitative estimate of drug-likeness (QED) is 0.531. The molecular formula is C20H16F3N5O2. The number of halogens is 3. The summed E-state index contributed by atoms with van der Waals surface area (Å²) in [5.74, 6) is -1.29. The van der Waals surface area contributed by atoms with Gasteiger partial charge in [-0.2, -0.15) is 13.2 Å². The normalized spacial score (nSPS) is 12.1. The Morgan fingerprint density at radius 2 is 1.73 bits per heavy atom. The highest BCUT2D eigenvalue weighted by Crippen LogP contribution is 2.35. The number of primary amides is 1. The first kappa shape index (κ1) is 19.6. The zero-order chi connectivity index (χ0) is 21.6. The van der Waals surface area contributed by atoms with Crippen LogP contribution in [0.3, 0.4) is 0 Å². The van der Waals surface area contributed by atoms with Gasteiger partial charge in [-0.05, 0) is 50.2 Å². The molecule has 4 aromatic rings. The highest BCUT2D eigenvalue weighted by molar-refractivity contribution is 5.93. The van der Waals surface area contributed by atoms with Crippen molar-refractivity contribution >= 4 is 16.9 Å². The molecule has 0 aliphatic carbocycles. The van der Waals surface area contributed by atoms with Gasteiger partial charge in [0, 0.05) is 22.7 Å². The molecule has 7 nitrogen and oxygen atoms in total. The molecule has 0 saturated carbocycles. The van der Waals surface area contributed by atoms with Crippen LogP contribution in [0.1, 0.15) is 36.1 Å². The Kier molecular flexibility index (Phi) is 4.56. The molecule has 2 aromatic carbocycles. The van der Waals surface area contributed by atoms with E-state index >= 15 is 0 Å². The maximum Gasteiger partial charge on any atom is 0.449 e. The maximum absolute atomic E-state index is 13.4. The average Bonchev–Trinajstić information content (AvgIpc) is 3.32. The minimum absolute atomic E-state index is 0.115. The van der Waals surface area contributed by atoms with Crippen LogP contribution in [0.5, 0.6) is 0 Å². The molecule has 0 saturated heterocycles. The summed E-state index contributed by atoms with van der Waals surface area (Å²) in [6.07, 6.45) is -4.58. The second-order valence-corrected chi connectivity index (χ2v) is 6.96. The van der Waals surface area contributed by atoms with Crippen molar-refractivity contribution in [3.05, 3.63) is 53.9 Å². The SMILES string of the molecule is CC(C)n1c(C(F)(F)F)nc2cc(-c3nnc(-c4cccc(C(N)=O)c4)o3)ccc21. The van der Waals surface area contributed by atoms with E-state index in [9.17, 15) is 18.0 Å². The van der Waals surface area contributed by atoms with Crippen LogP contribution in [0.25, 0.3) is 33.9 Å². The summed E-state index contributed by atoms with van der Waals surface area (Å²) in [4.78, 5) is 15.1. The zero-order valence-electron chi connectivity index (χ0n) is 15.9. The molecule has 154 valence electrons. The average molecular weight is 415 g/mol. The minimum atomic E-state index is -4.58. The number of nitrogens with two attached hydrogens (primary N) is 1. The van der Waals surface area contributed by atoms with E-state index in [1.54, 1.807) is 44.2 Å². The van der Waals surface area contributed by atoms with Gasteiger partial charge in [-0.1, -0.05) is 6.07 Å². The monoisotopic (exact) mass is 415 g/mol. The molecule has 0 bridgehead atoms. The largest absolute Gasteiger partial charge is 0.449 e. The second kappa shape index (κ2) is 6.97. The van der Waals surface area contributed by atoms with Crippen LogP contribution < -0.4 is 5.73 Å². The molecule has 10 heteroatoms. The third kappa shape index (κ3) is 3.40. The fourth-order valence-electron chi connectivity index (χ4n) is 3.22. The number of fused-ring (bicyclic) bond motifs is 1. The van der Waals surface area contributed by atoms with Crippen molar-refractivity contribution in [2.24, 2.45) is 5.73 Å². The molecule has 30 heavy (non-hydrogen) atoms. The number of hydrogen-bond donors (Lipinski definition) is 1. The first-order valence-electron chi connectivity index (χ1n) is 8.98. The van der Waals surface area contributed by atoms with E-state index in [0.717, 1.165) is 4.57 Å². The number of carbonyl (C=O) groups excluding carboxylic acids is 1. The predicted molar refractivity (Wildman–Crippen MR) is 102 cm³/mol. The van der Waals surface area contributed by atoms with Crippen molar-refractivity contribution in [3.8, 4) is 22.9 Å². The van der Waals surface area contributed by atoms with Crippen molar-refractivity contribution in [1.29, 1.82) is 0 Å². The van der Waals surface area contributed by atoms with Crippen molar-refractivity contribution < 1.29 is 22.4 Å². The maximum atomic E-state index is 13.4. The summed E-state index contributed by atoms with van der Waals surface area (Å²) < 4.78 is 47.0. The Labute approximate surface area is 168 Å². The first-order valence-corrected chi connectivity index (χ1v) is 8.98. The highest BCUT2D eigenvalue weighted by atomic mass is 19.4. The summed E-state index contributed by atoms with van der Waals surface area (Å²) in [5.41, 5.74) is 7.01. The molecule has 2 heterocycles. The van der Waals surface area contributed by atoms with E-state index in [-0.39, 0.29) is 22.9 Å². The van der Waals surface area contributed by atoms with Gasteiger partial charge in [-0.15, -0.1) is 10.2 Å². The summed E-state index contributed by atoms with van der Waals surface area (Å²) in [7, 11) is 0. The molecular weight excluding hydrogens is 399 g/mol. The van der Waals surface area contributed by atoms with Crippen LogP contribution in [-0.2, 0) is 6.18 Å². The lowest BCUT2D eigenvalue weighted by molar-refractivity contribution is -0.147. The van der Waals surface area contributed by atoms with Gasteiger partial charge in [0.2, 0.25) is 23.5 Å². The molecule has 1 amide bonds. The Balaban J connectivity index is 1.76. The van der Waals surface area contributed by atoms with Gasteiger partial charge in [0.05, 0.1) is 11.0 Å². The van der Waals surface area contributed by atoms with Gasteiger partial charge in [-0.3, -0.25) is 4.79 Å². The molecule has 4 rings (SSSR count). The molecule has 2 N–H and O–H groups in total. The summed E-state index contributed by atoms with van der Waals surface area (Å²) in [6.45, 7) is 3.32. The highest BCUT2D eigenvalue weighted by Gasteiger charge is 2.38. The van der Waals surface area contributed by atoms with Crippen LogP contribution in [0.15, 0.2) is 46.9 Å². The lowest BCUT2D eigenvalue weighted by Gasteiger charge is -2.14. The first-order chi connectivity index (χ1) is 14.1. The van der Waals surface area contributed by atoms with Gasteiger partial charge >= 0.3 is 6.18 Å². The van der Waals surface area contributed by atoms with Gasteiger partial charge < -0.3 is 14.7 Å². The standard InChI is InChI=1S/C20H16F3N5O2/c1-10(2)28-15-7-6-13(9-14(15)25-19(28)20(21,22)23)18-27-26-17(30-18)12-5-3-4-11(8-12)16(24)29/h3-10H,1-2H3,(H2,24,29). The van der Waals surface area contributed by atoms with Gasteiger partial charge in [0.25, 0.3) is 0 Å². The molecule has 0 spiro atoms. The number of rotatable bonds is 4. The van der Waals surface area contributed by atoms with Crippen LogP contribution in [-0.4, -0.2) is 25.7 Å². The molecule has 0 unspecified atom stereocenters. The second-order valence-electron chi connectivity index (χ2n) is 6.96. The minimum Gasteiger partial charge on any atom is -0.416 e. The summed E-state index contributed by atoms with van der Waals surface area (Å²) >= 11 is 0. The van der Waals surface area contributed by atoms with Crippen molar-refractivity contribution in [2.75, 3.05) is 0 Å². The predicted octanol–water partition coefficient (Wildman–Crippen LogP) is 4.45. The fraction of sp³-hybridized carbons (Fsp3) is 0.200. The Bertz CT molecular complexity index is 1260. The molecule has 2 aromatic heterocycles. The number of alkyl halides is 3. The van der Waals surface area contributed by atoms with E-state index in [4.69, 9.17) is 10.2 Å². The van der Waals surface area contributed by atoms with Crippen molar-refractivity contribution in [3.63, 3.8) is 0 Å². The number of imidazole rings is 1. The number of aromatic nitrogens is 4. The number of carbonyl (C=O) groups is 1. The Morgan fingerprint density at radius 3 is 2.33 bits per heavy atom. The Morgan fingerprint density at radius 1 is 1.07 bits per heavy atom. The third-order valence-electron chi connectivity index (χ3n) is 4.53. The zero-order valence-corrected chi connectivity index (χ0v) is 15.9. The lowest BCUT2D eigenvalue weighted by atomic mass is 10.1. The summed E-state index contributed by atoms with van der Waals surface area (Å²) in [5, 5.41) is 7.93. The van der Waals surface area contributed by atoms with E-state index in [1.807, 2.05) is 0 Å². The Hall–Kier alpha value is -3.69. The molecule has 0 fully saturated rings. The van der Waals surface area contributed by atoms with E-state index < -0.39 is 23.9 Å². The lowest BCUT2D eigenvalue weighted by Crippen LogP contribution is -2.16. The molecule has 0 aliphatic rings. The van der Waals surface area contributed by atoms with Crippen LogP contribution >= 0.6 is 0 Å². The third-order valence-corrected chi connectivity index (χ3v) is 4.53. The van der Waals surface area contributed by atoms with Crippen LogP contribution in [0.4, 0.5) is 13.2 Å². The molecule has 0 atom stereocenters. The van der Waals surface area contributed by atoms with E-state index in [1.165, 1.54) is 12.1 Å². The van der Waals surface area contributed by atoms with E-state index in [2.05, 4.69) is 15.2 Å². The van der Waals surface area contributed by atoms with Crippen LogP contribution in [0.2, 0.25) is 0 Å². The van der Waals surface area contributed by atoms with E-state index in [0.29, 0.717) is 16.6 Å². The fourth-order valence-corrected chi connectivity index (χ4v) is 3.22. The number of nitrogens with zero attached hydrogens (tertiary/aromatic N) is 4.